The highest BCUT2D eigenvalue weighted by atomic mass is 35.7. The molecule has 0 N–H and O–H groups in total. The Kier molecular flexibility index (Phi) is 2.51. The second-order valence-electron chi connectivity index (χ2n) is 1.99. The minimum atomic E-state index is -3.46. The van der Waals surface area contributed by atoms with Crippen LogP contribution in [-0.2, 0) is 18.8 Å². The van der Waals surface area contributed by atoms with Gasteiger partial charge in [0.05, 0.1) is 6.61 Å². The van der Waals surface area contributed by atoms with Crippen molar-refractivity contribution in [1.29, 1.82) is 0 Å². The van der Waals surface area contributed by atoms with Gasteiger partial charge in [-0.3, -0.25) is 0 Å². The summed E-state index contributed by atoms with van der Waals surface area (Å²) in [5.41, 5.74) is 0. The second-order valence-corrected chi connectivity index (χ2v) is 4.90. The van der Waals surface area contributed by atoms with Gasteiger partial charge in [0.25, 0.3) is 0 Å². The molecule has 0 aromatic carbocycles. The molecule has 1 saturated heterocycles. The summed E-state index contributed by atoms with van der Waals surface area (Å²) in [5, 5.41) is -0.608. The summed E-state index contributed by atoms with van der Waals surface area (Å²) >= 11 is 0. The summed E-state index contributed by atoms with van der Waals surface area (Å²) in [4.78, 5) is 8.92. The Morgan fingerprint density at radius 1 is 1.40 bits per heavy atom. The summed E-state index contributed by atoms with van der Waals surface area (Å²) in [5.74, 6) is 0. The number of hydrogen-bond donors (Lipinski definition) is 0. The molecular weight excluding hydrogens is 180 g/mol. The monoisotopic (exact) mass is 186 g/mol. The van der Waals surface area contributed by atoms with Gasteiger partial charge in [0, 0.05) is 10.7 Å². The van der Waals surface area contributed by atoms with Gasteiger partial charge in [-0.05, 0) is 6.42 Å². The van der Waals surface area contributed by atoms with Crippen LogP contribution >= 0.6 is 10.7 Å². The molecule has 0 radical (unpaired) electrons. The number of rotatable bonds is 1. The number of hydrogen-bond acceptors (Lipinski definition) is 4. The molecule has 10 heavy (non-hydrogen) atoms. The fraction of sp³-hybridized carbons (Fsp3) is 1.00. The van der Waals surface area contributed by atoms with Crippen molar-refractivity contribution in [2.24, 2.45) is 0 Å². The van der Waals surface area contributed by atoms with Crippen LogP contribution in [0, 0.1) is 0 Å². The van der Waals surface area contributed by atoms with Crippen LogP contribution in [-0.4, -0.2) is 26.9 Å². The van der Waals surface area contributed by atoms with Crippen molar-refractivity contribution in [2.75, 3.05) is 13.2 Å². The summed E-state index contributed by atoms with van der Waals surface area (Å²) in [6.45, 7) is 0.322. The highest BCUT2D eigenvalue weighted by Crippen LogP contribution is 2.15. The van der Waals surface area contributed by atoms with Crippen LogP contribution < -0.4 is 0 Å². The van der Waals surface area contributed by atoms with E-state index in [0.29, 0.717) is 6.42 Å². The molecule has 0 aromatic heterocycles. The largest absolute Gasteiger partial charge is 0.237 e. The fourth-order valence-electron chi connectivity index (χ4n) is 0.668. The molecule has 0 amide bonds. The van der Waals surface area contributed by atoms with Crippen LogP contribution in [0.1, 0.15) is 6.42 Å². The van der Waals surface area contributed by atoms with Crippen LogP contribution in [0.3, 0.4) is 0 Å². The van der Waals surface area contributed by atoms with E-state index in [9.17, 15) is 8.42 Å². The lowest BCUT2D eigenvalue weighted by Gasteiger charge is -2.17. The molecule has 0 aromatic rings. The third-order valence-electron chi connectivity index (χ3n) is 1.26. The van der Waals surface area contributed by atoms with Crippen LogP contribution in [0.2, 0.25) is 0 Å². The molecule has 0 bridgehead atoms. The SMILES string of the molecule is O=S(=O)(Cl)C1CCOOC1. The second kappa shape index (κ2) is 3.04. The summed E-state index contributed by atoms with van der Waals surface area (Å²) in [7, 11) is 1.59. The fourth-order valence-corrected chi connectivity index (χ4v) is 1.69. The molecule has 0 spiro atoms. The van der Waals surface area contributed by atoms with E-state index in [1.807, 2.05) is 0 Å². The lowest BCUT2D eigenvalue weighted by molar-refractivity contribution is -0.310. The summed E-state index contributed by atoms with van der Waals surface area (Å²) < 4.78 is 21.2. The van der Waals surface area contributed by atoms with Crippen molar-refractivity contribution < 1.29 is 18.2 Å². The van der Waals surface area contributed by atoms with Crippen LogP contribution in [0.25, 0.3) is 0 Å². The molecule has 1 atom stereocenters. The summed E-state index contributed by atoms with van der Waals surface area (Å²) in [6, 6.07) is 0. The first-order chi connectivity index (χ1) is 4.61. The predicted molar refractivity (Wildman–Crippen MR) is 35.1 cm³/mol. The molecule has 1 aliphatic heterocycles. The quantitative estimate of drug-likeness (QED) is 0.436. The standard InChI is InChI=1S/C4H7ClO4S/c5-10(6,7)4-1-2-8-9-3-4/h4H,1-3H2. The molecule has 0 saturated carbocycles. The Bertz CT molecular complexity index is 193. The van der Waals surface area contributed by atoms with Crippen LogP contribution in [0.5, 0.6) is 0 Å². The highest BCUT2D eigenvalue weighted by Gasteiger charge is 2.26. The molecule has 1 aliphatic rings. The Balaban J connectivity index is 2.56. The molecule has 60 valence electrons. The van der Waals surface area contributed by atoms with Gasteiger partial charge in [0.15, 0.2) is 0 Å². The third kappa shape index (κ3) is 2.09. The normalized spacial score (nSPS) is 28.3. The third-order valence-corrected chi connectivity index (χ3v) is 3.18. The zero-order valence-corrected chi connectivity index (χ0v) is 6.69. The topological polar surface area (TPSA) is 52.6 Å². The van der Waals surface area contributed by atoms with Crippen molar-refractivity contribution in [3.05, 3.63) is 0 Å². The average Bonchev–Trinajstić information content (AvgIpc) is 1.88. The lowest BCUT2D eigenvalue weighted by Crippen LogP contribution is -2.29. The first-order valence-electron chi connectivity index (χ1n) is 2.78. The maximum absolute atomic E-state index is 10.6. The molecule has 1 fully saturated rings. The Hall–Kier alpha value is 0.160. The van der Waals surface area contributed by atoms with Crippen molar-refractivity contribution in [3.8, 4) is 0 Å². The zero-order chi connectivity index (χ0) is 7.61. The molecule has 0 aliphatic carbocycles. The van der Waals surface area contributed by atoms with Gasteiger partial charge >= 0.3 is 0 Å². The van der Waals surface area contributed by atoms with E-state index in [-0.39, 0.29) is 13.2 Å². The maximum Gasteiger partial charge on any atom is 0.237 e. The molecule has 1 unspecified atom stereocenters. The van der Waals surface area contributed by atoms with Gasteiger partial charge in [-0.1, -0.05) is 0 Å². The van der Waals surface area contributed by atoms with E-state index in [1.165, 1.54) is 0 Å². The van der Waals surface area contributed by atoms with Crippen LogP contribution in [0.15, 0.2) is 0 Å². The number of halogens is 1. The van der Waals surface area contributed by atoms with E-state index in [4.69, 9.17) is 10.7 Å². The minimum absolute atomic E-state index is 0.0336. The van der Waals surface area contributed by atoms with E-state index >= 15 is 0 Å². The van der Waals surface area contributed by atoms with Gasteiger partial charge in [-0.2, -0.15) is 0 Å². The Labute approximate surface area is 63.4 Å². The van der Waals surface area contributed by atoms with Crippen molar-refractivity contribution in [1.82, 2.24) is 0 Å². The van der Waals surface area contributed by atoms with Crippen molar-refractivity contribution >= 4 is 19.7 Å². The summed E-state index contributed by atoms with van der Waals surface area (Å²) in [6.07, 6.45) is 0.409. The molecule has 1 rings (SSSR count). The maximum atomic E-state index is 10.6. The van der Waals surface area contributed by atoms with Gasteiger partial charge in [-0.15, -0.1) is 0 Å². The van der Waals surface area contributed by atoms with Crippen LogP contribution in [0.4, 0.5) is 0 Å². The van der Waals surface area contributed by atoms with E-state index in [0.717, 1.165) is 0 Å². The first-order valence-corrected chi connectivity index (χ1v) is 5.16. The van der Waals surface area contributed by atoms with E-state index in [1.54, 1.807) is 0 Å². The smallest absolute Gasteiger partial charge is 0.237 e. The average molecular weight is 187 g/mol. The van der Waals surface area contributed by atoms with Gasteiger partial charge < -0.3 is 0 Å². The molecule has 1 heterocycles. The highest BCUT2D eigenvalue weighted by molar-refractivity contribution is 8.14. The zero-order valence-electron chi connectivity index (χ0n) is 5.12. The van der Waals surface area contributed by atoms with Gasteiger partial charge in [0.1, 0.15) is 11.9 Å². The Morgan fingerprint density at radius 3 is 2.40 bits per heavy atom. The van der Waals surface area contributed by atoms with E-state index < -0.39 is 14.3 Å². The van der Waals surface area contributed by atoms with Crippen molar-refractivity contribution in [2.45, 2.75) is 11.7 Å². The molecular formula is C4H7ClO4S. The molecule has 4 nitrogen and oxygen atoms in total. The van der Waals surface area contributed by atoms with Crippen molar-refractivity contribution in [3.63, 3.8) is 0 Å². The Morgan fingerprint density at radius 2 is 2.10 bits per heavy atom. The van der Waals surface area contributed by atoms with Gasteiger partial charge in [-0.25, -0.2) is 18.2 Å². The lowest BCUT2D eigenvalue weighted by atomic mass is 10.3. The predicted octanol–water partition coefficient (Wildman–Crippen LogP) is 0.276. The molecule has 6 heteroatoms. The van der Waals surface area contributed by atoms with E-state index in [2.05, 4.69) is 9.78 Å². The minimum Gasteiger partial charge on any atom is -0.237 e. The first kappa shape index (κ1) is 8.26. The van der Waals surface area contributed by atoms with Gasteiger partial charge in [0.2, 0.25) is 9.05 Å².